The average molecular weight is 373 g/mol. The molecule has 1 atom stereocenters. The molecule has 1 unspecified atom stereocenters. The average Bonchev–Trinajstić information content (AvgIpc) is 3.33. The van der Waals surface area contributed by atoms with Crippen molar-refractivity contribution < 1.29 is 4.79 Å². The molecule has 3 N–H and O–H groups in total. The molecule has 2 heterocycles. The maximum absolute atomic E-state index is 12.9. The third-order valence-corrected chi connectivity index (χ3v) is 4.93. The molecule has 2 aromatic carbocycles. The summed E-state index contributed by atoms with van der Waals surface area (Å²) in [5.74, 6) is 1.21. The Kier molecular flexibility index (Phi) is 4.93. The predicted molar refractivity (Wildman–Crippen MR) is 109 cm³/mol. The van der Waals surface area contributed by atoms with Crippen molar-refractivity contribution in [2.75, 3.05) is 0 Å². The summed E-state index contributed by atoms with van der Waals surface area (Å²) < 4.78 is 0. The van der Waals surface area contributed by atoms with Crippen molar-refractivity contribution in [2.45, 2.75) is 32.7 Å². The number of carbonyl (C=O) groups excluding carboxylic acids is 1. The summed E-state index contributed by atoms with van der Waals surface area (Å²) in [5, 5.41) is 11.3. The lowest BCUT2D eigenvalue weighted by molar-refractivity contribution is -0.121. The fourth-order valence-electron chi connectivity index (χ4n) is 3.53. The minimum atomic E-state index is -0.393. The maximum Gasteiger partial charge on any atom is 0.225 e. The van der Waals surface area contributed by atoms with Gasteiger partial charge in [0.2, 0.25) is 5.91 Å². The monoisotopic (exact) mass is 373 g/mol. The van der Waals surface area contributed by atoms with E-state index in [9.17, 15) is 4.79 Å². The van der Waals surface area contributed by atoms with Crippen LogP contribution in [0.25, 0.3) is 10.9 Å². The molecule has 6 heteroatoms. The highest BCUT2D eigenvalue weighted by Gasteiger charge is 2.21. The Labute approximate surface area is 163 Å². The van der Waals surface area contributed by atoms with Gasteiger partial charge in [-0.05, 0) is 30.0 Å². The van der Waals surface area contributed by atoms with Gasteiger partial charge in [0.15, 0.2) is 5.82 Å². The van der Waals surface area contributed by atoms with E-state index in [2.05, 4.69) is 44.5 Å². The number of nitrogens with zero attached hydrogens (tertiary/aromatic N) is 2. The first kappa shape index (κ1) is 18.0. The number of carbonyl (C=O) groups is 1. The molecule has 4 rings (SSSR count). The van der Waals surface area contributed by atoms with Crippen LogP contribution < -0.4 is 5.32 Å². The van der Waals surface area contributed by atoms with Crippen LogP contribution in [0.4, 0.5) is 0 Å². The normalized spacial score (nSPS) is 12.2. The van der Waals surface area contributed by atoms with Crippen molar-refractivity contribution in [3.63, 3.8) is 0 Å². The molecule has 0 saturated heterocycles. The van der Waals surface area contributed by atoms with Crippen molar-refractivity contribution in [3.05, 3.63) is 83.1 Å². The molecule has 0 fully saturated rings. The van der Waals surface area contributed by atoms with Crippen LogP contribution in [0.2, 0.25) is 0 Å². The lowest BCUT2D eigenvalue weighted by atomic mass is 10.0. The molecule has 0 spiro atoms. The summed E-state index contributed by atoms with van der Waals surface area (Å²) >= 11 is 0. The summed E-state index contributed by atoms with van der Waals surface area (Å²) in [6, 6.07) is 15.6. The van der Waals surface area contributed by atoms with E-state index in [-0.39, 0.29) is 5.91 Å². The Morgan fingerprint density at radius 3 is 2.64 bits per heavy atom. The van der Waals surface area contributed by atoms with Crippen LogP contribution in [0.1, 0.15) is 41.3 Å². The highest BCUT2D eigenvalue weighted by Crippen LogP contribution is 2.24. The molecule has 0 saturated carbocycles. The number of H-pyrrole nitrogens is 2. The van der Waals surface area contributed by atoms with E-state index in [1.165, 1.54) is 5.56 Å². The smallest absolute Gasteiger partial charge is 0.225 e. The Morgan fingerprint density at radius 2 is 1.93 bits per heavy atom. The van der Waals surface area contributed by atoms with Crippen LogP contribution in [0.15, 0.2) is 54.7 Å². The minimum absolute atomic E-state index is 0.0703. The highest BCUT2D eigenvalue weighted by atomic mass is 16.1. The summed E-state index contributed by atoms with van der Waals surface area (Å²) in [5.41, 5.74) is 4.29. The van der Waals surface area contributed by atoms with Gasteiger partial charge in [-0.1, -0.05) is 55.5 Å². The number of aryl methyl sites for hydroxylation is 2. The van der Waals surface area contributed by atoms with E-state index in [1.807, 2.05) is 49.5 Å². The first-order valence-corrected chi connectivity index (χ1v) is 9.46. The first-order valence-electron chi connectivity index (χ1n) is 9.46. The van der Waals surface area contributed by atoms with E-state index in [0.29, 0.717) is 18.1 Å². The number of hydrogen-bond donors (Lipinski definition) is 3. The van der Waals surface area contributed by atoms with Gasteiger partial charge in [-0.2, -0.15) is 5.10 Å². The minimum Gasteiger partial charge on any atom is -0.361 e. The zero-order chi connectivity index (χ0) is 19.5. The second kappa shape index (κ2) is 7.68. The zero-order valence-electron chi connectivity index (χ0n) is 16.0. The highest BCUT2D eigenvalue weighted by molar-refractivity contribution is 5.90. The summed E-state index contributed by atoms with van der Waals surface area (Å²) in [4.78, 5) is 20.6. The van der Waals surface area contributed by atoms with Gasteiger partial charge in [0, 0.05) is 17.1 Å². The molecule has 0 bridgehead atoms. The molecule has 0 aliphatic carbocycles. The number of benzene rings is 2. The lowest BCUT2D eigenvalue weighted by Gasteiger charge is -2.16. The summed E-state index contributed by atoms with van der Waals surface area (Å²) in [6.07, 6.45) is 3.17. The van der Waals surface area contributed by atoms with Crippen LogP contribution in [-0.2, 0) is 17.6 Å². The van der Waals surface area contributed by atoms with E-state index in [1.54, 1.807) is 0 Å². The summed E-state index contributed by atoms with van der Waals surface area (Å²) in [6.45, 7) is 3.98. The van der Waals surface area contributed by atoms with Gasteiger partial charge in [0.05, 0.1) is 6.42 Å². The molecular weight excluding hydrogens is 350 g/mol. The number of aromatic nitrogens is 4. The number of rotatable bonds is 6. The number of fused-ring (bicyclic) bond motifs is 1. The topological polar surface area (TPSA) is 86.5 Å². The Balaban J connectivity index is 1.59. The molecular formula is C22H23N5O. The first-order chi connectivity index (χ1) is 13.7. The van der Waals surface area contributed by atoms with Crippen molar-refractivity contribution in [1.29, 1.82) is 0 Å². The van der Waals surface area contributed by atoms with Crippen LogP contribution in [0.5, 0.6) is 0 Å². The van der Waals surface area contributed by atoms with E-state index in [0.717, 1.165) is 28.5 Å². The second-order valence-corrected chi connectivity index (χ2v) is 6.87. The number of nitrogens with one attached hydrogen (secondary N) is 3. The largest absolute Gasteiger partial charge is 0.361 e. The third-order valence-electron chi connectivity index (χ3n) is 4.93. The molecule has 28 heavy (non-hydrogen) atoms. The standard InChI is InChI=1S/C22H23N5O/c1-3-15-10-7-11-18-17(13-23-20(15)18)12-19(28)25-21(16-8-5-4-6-9-16)22-24-14(2)26-27-22/h4-11,13,21,23H,3,12H2,1-2H3,(H,25,28)(H,24,26,27). The van der Waals surface area contributed by atoms with Gasteiger partial charge < -0.3 is 10.3 Å². The lowest BCUT2D eigenvalue weighted by Crippen LogP contribution is -2.31. The van der Waals surface area contributed by atoms with Crippen LogP contribution in [-0.4, -0.2) is 26.1 Å². The maximum atomic E-state index is 12.9. The van der Waals surface area contributed by atoms with Crippen molar-refractivity contribution in [1.82, 2.24) is 25.5 Å². The molecule has 6 nitrogen and oxygen atoms in total. The van der Waals surface area contributed by atoms with Gasteiger partial charge in [-0.15, -0.1) is 0 Å². The fraction of sp³-hybridized carbons (Fsp3) is 0.227. The Hall–Kier alpha value is -3.41. The quantitative estimate of drug-likeness (QED) is 0.483. The van der Waals surface area contributed by atoms with E-state index in [4.69, 9.17) is 0 Å². The molecule has 0 aliphatic rings. The number of amides is 1. The van der Waals surface area contributed by atoms with E-state index >= 15 is 0 Å². The number of aromatic amines is 2. The second-order valence-electron chi connectivity index (χ2n) is 6.87. The molecule has 0 radical (unpaired) electrons. The molecule has 2 aromatic heterocycles. The van der Waals surface area contributed by atoms with Crippen molar-refractivity contribution in [3.8, 4) is 0 Å². The number of hydrogen-bond acceptors (Lipinski definition) is 3. The number of para-hydroxylation sites is 1. The Morgan fingerprint density at radius 1 is 1.11 bits per heavy atom. The molecule has 4 aromatic rings. The summed E-state index contributed by atoms with van der Waals surface area (Å²) in [7, 11) is 0. The molecule has 142 valence electrons. The van der Waals surface area contributed by atoms with Crippen molar-refractivity contribution >= 4 is 16.8 Å². The molecule has 0 aliphatic heterocycles. The van der Waals surface area contributed by atoms with E-state index < -0.39 is 6.04 Å². The Bertz CT molecular complexity index is 1100. The van der Waals surface area contributed by atoms with Crippen LogP contribution in [0, 0.1) is 6.92 Å². The van der Waals surface area contributed by atoms with Gasteiger partial charge in [-0.25, -0.2) is 4.98 Å². The fourth-order valence-corrected chi connectivity index (χ4v) is 3.53. The predicted octanol–water partition coefficient (Wildman–Crippen LogP) is 3.61. The van der Waals surface area contributed by atoms with Gasteiger partial charge in [0.25, 0.3) is 0 Å². The van der Waals surface area contributed by atoms with Crippen LogP contribution >= 0.6 is 0 Å². The van der Waals surface area contributed by atoms with Gasteiger partial charge in [-0.3, -0.25) is 9.89 Å². The van der Waals surface area contributed by atoms with Crippen LogP contribution in [0.3, 0.4) is 0 Å². The van der Waals surface area contributed by atoms with Crippen molar-refractivity contribution in [2.24, 2.45) is 0 Å². The molecule has 1 amide bonds. The zero-order valence-corrected chi connectivity index (χ0v) is 16.0. The third kappa shape index (κ3) is 3.53. The van der Waals surface area contributed by atoms with Gasteiger partial charge in [0.1, 0.15) is 11.9 Å². The SMILES string of the molecule is CCc1cccc2c(CC(=O)NC(c3ccccc3)c3n[nH]c(C)n3)c[nH]c12. The van der Waals surface area contributed by atoms with Gasteiger partial charge >= 0.3 is 0 Å².